The second-order valence-corrected chi connectivity index (χ2v) is 7.68. The van der Waals surface area contributed by atoms with Gasteiger partial charge in [0.2, 0.25) is 0 Å². The molecule has 0 aromatic rings. The Hall–Kier alpha value is 0.0969. The van der Waals surface area contributed by atoms with Crippen LogP contribution in [0.1, 0.15) is 39.0 Å². The third-order valence-electron chi connectivity index (χ3n) is 4.40. The van der Waals surface area contributed by atoms with Gasteiger partial charge in [-0.05, 0) is 48.7 Å². The van der Waals surface area contributed by atoms with Crippen molar-refractivity contribution in [1.82, 2.24) is 14.7 Å². The van der Waals surface area contributed by atoms with Crippen LogP contribution in [0.2, 0.25) is 0 Å². The molecule has 0 radical (unpaired) electrons. The van der Waals surface area contributed by atoms with E-state index in [9.17, 15) is 0 Å². The second-order valence-electron chi connectivity index (χ2n) is 6.21. The minimum atomic E-state index is 0.218. The fourth-order valence-electron chi connectivity index (χ4n) is 2.78. The van der Waals surface area contributed by atoms with Crippen LogP contribution in [-0.2, 0) is 0 Å². The topological polar surface area (TPSA) is 9.72 Å². The third-order valence-corrected chi connectivity index (χ3v) is 6.85. The summed E-state index contributed by atoms with van der Waals surface area (Å²) in [5, 5.41) is 0.218. The summed E-state index contributed by atoms with van der Waals surface area (Å²) in [6.45, 7) is 2.28. The Balaban J connectivity index is 4.73. The molecule has 3 nitrogen and oxygen atoms in total. The van der Waals surface area contributed by atoms with Crippen molar-refractivity contribution in [2.45, 2.75) is 50.4 Å². The molecule has 0 rings (SSSR count). The van der Waals surface area contributed by atoms with Gasteiger partial charge in [-0.15, -0.1) is 0 Å². The van der Waals surface area contributed by atoms with E-state index < -0.39 is 0 Å². The van der Waals surface area contributed by atoms with Crippen molar-refractivity contribution in [2.24, 2.45) is 0 Å². The van der Waals surface area contributed by atoms with Gasteiger partial charge in [-0.2, -0.15) is 0 Å². The maximum Gasteiger partial charge on any atom is 0.0666 e. The van der Waals surface area contributed by atoms with Gasteiger partial charge < -0.3 is 4.90 Å². The van der Waals surface area contributed by atoms with Gasteiger partial charge in [0.1, 0.15) is 0 Å². The van der Waals surface area contributed by atoms with Crippen molar-refractivity contribution in [3.63, 3.8) is 0 Å². The first-order valence-corrected chi connectivity index (χ1v) is 8.29. The Labute approximate surface area is 118 Å². The zero-order valence-electron chi connectivity index (χ0n) is 14.0. The summed E-state index contributed by atoms with van der Waals surface area (Å²) in [7, 11) is 14.5. The number of unbranched alkanes of at least 4 members (excludes halogenated alkanes) is 3. The molecule has 0 aromatic carbocycles. The molecule has 0 aliphatic heterocycles. The molecule has 0 aliphatic rings. The average Bonchev–Trinajstić information content (AvgIpc) is 2.27. The molecule has 0 spiro atoms. The van der Waals surface area contributed by atoms with E-state index in [1.54, 1.807) is 0 Å². The van der Waals surface area contributed by atoms with Crippen LogP contribution < -0.4 is 0 Å². The number of hydrogen-bond acceptors (Lipinski definition) is 3. The van der Waals surface area contributed by atoms with Crippen molar-refractivity contribution >= 4 is 10.2 Å². The Morgan fingerprint density at radius 1 is 0.889 bits per heavy atom. The van der Waals surface area contributed by atoms with E-state index in [2.05, 4.69) is 63.9 Å². The molecule has 1 atom stereocenters. The molecule has 18 heavy (non-hydrogen) atoms. The maximum absolute atomic E-state index is 2.42. The zero-order chi connectivity index (χ0) is 14.3. The minimum Gasteiger partial charge on any atom is -0.304 e. The first-order chi connectivity index (χ1) is 8.28. The van der Waals surface area contributed by atoms with E-state index in [1.807, 2.05) is 0 Å². The highest BCUT2D eigenvalue weighted by molar-refractivity contribution is 6.15. The lowest BCUT2D eigenvalue weighted by molar-refractivity contribution is 0.00346. The van der Waals surface area contributed by atoms with Gasteiger partial charge in [-0.25, -0.2) is 0 Å². The molecule has 0 saturated heterocycles. The molecule has 0 heterocycles. The Bertz CT molecular complexity index is 209. The summed E-state index contributed by atoms with van der Waals surface area (Å²) >= 11 is 0. The molecular formula is C14H35N3Si. The van der Waals surface area contributed by atoms with E-state index in [-0.39, 0.29) is 5.29 Å². The highest BCUT2D eigenvalue weighted by Crippen LogP contribution is 2.24. The Morgan fingerprint density at radius 2 is 1.39 bits per heavy atom. The lowest BCUT2D eigenvalue weighted by Crippen LogP contribution is -2.66. The lowest BCUT2D eigenvalue weighted by atomic mass is 10.0. The molecule has 0 amide bonds. The summed E-state index contributed by atoms with van der Waals surface area (Å²) in [5.74, 6) is 0. The van der Waals surface area contributed by atoms with Gasteiger partial charge in [-0.1, -0.05) is 32.6 Å². The number of likely N-dealkylation sites (N-methyl/N-ethyl adjacent to an activating group) is 3. The normalized spacial score (nSPS) is 15.0. The Kier molecular flexibility index (Phi) is 8.35. The van der Waals surface area contributed by atoms with Gasteiger partial charge in [0, 0.05) is 16.3 Å². The van der Waals surface area contributed by atoms with E-state index in [0.717, 1.165) is 10.2 Å². The molecule has 4 heteroatoms. The van der Waals surface area contributed by atoms with E-state index in [1.165, 1.54) is 32.1 Å². The molecule has 0 aliphatic carbocycles. The minimum absolute atomic E-state index is 0.218. The summed E-state index contributed by atoms with van der Waals surface area (Å²) < 4.78 is 0. The molecule has 0 bridgehead atoms. The number of rotatable bonds is 9. The van der Waals surface area contributed by atoms with Crippen molar-refractivity contribution in [1.29, 1.82) is 0 Å². The van der Waals surface area contributed by atoms with Crippen LogP contribution >= 0.6 is 0 Å². The first kappa shape index (κ1) is 18.1. The van der Waals surface area contributed by atoms with Crippen LogP contribution in [0.3, 0.4) is 0 Å². The number of hydrogen-bond donors (Lipinski definition) is 0. The predicted molar refractivity (Wildman–Crippen MR) is 86.3 cm³/mol. The van der Waals surface area contributed by atoms with Crippen LogP contribution in [-0.4, -0.2) is 78.6 Å². The molecule has 0 fully saturated rings. The van der Waals surface area contributed by atoms with Crippen LogP contribution in [0.5, 0.6) is 0 Å². The van der Waals surface area contributed by atoms with Crippen LogP contribution in [0.15, 0.2) is 0 Å². The van der Waals surface area contributed by atoms with Crippen molar-refractivity contribution in [3.05, 3.63) is 0 Å². The SMILES string of the molecule is CCCCCCC(N(C)C)C([SiH3])(N(C)C)N(C)C. The molecule has 0 aromatic heterocycles. The fraction of sp³-hybridized carbons (Fsp3) is 1.00. The van der Waals surface area contributed by atoms with Gasteiger partial charge in [-0.3, -0.25) is 9.80 Å². The molecule has 110 valence electrons. The molecular weight excluding hydrogens is 238 g/mol. The van der Waals surface area contributed by atoms with Crippen molar-refractivity contribution in [2.75, 3.05) is 42.3 Å². The zero-order valence-corrected chi connectivity index (χ0v) is 16.0. The van der Waals surface area contributed by atoms with Gasteiger partial charge >= 0.3 is 0 Å². The van der Waals surface area contributed by atoms with Gasteiger partial charge in [0.25, 0.3) is 0 Å². The molecule has 0 saturated carbocycles. The summed E-state index contributed by atoms with van der Waals surface area (Å²) in [5.41, 5.74) is 0. The van der Waals surface area contributed by atoms with Gasteiger partial charge in [0.05, 0.1) is 5.29 Å². The van der Waals surface area contributed by atoms with Crippen LogP contribution in [0.4, 0.5) is 0 Å². The standard InChI is InChI=1S/C14H35N3Si/c1-8-9-10-11-12-13(15(2)3)14(18,16(4)5)17(6)7/h13H,8-12H2,1-7,18H3. The van der Waals surface area contributed by atoms with E-state index in [4.69, 9.17) is 0 Å². The summed E-state index contributed by atoms with van der Waals surface area (Å²) in [6.07, 6.45) is 6.72. The lowest BCUT2D eigenvalue weighted by Gasteiger charge is -2.50. The van der Waals surface area contributed by atoms with Crippen molar-refractivity contribution < 1.29 is 0 Å². The monoisotopic (exact) mass is 273 g/mol. The quantitative estimate of drug-likeness (QED) is 0.353. The number of nitrogens with zero attached hydrogens (tertiary/aromatic N) is 3. The highest BCUT2D eigenvalue weighted by Gasteiger charge is 2.38. The van der Waals surface area contributed by atoms with Crippen molar-refractivity contribution in [3.8, 4) is 0 Å². The summed E-state index contributed by atoms with van der Waals surface area (Å²) in [4.78, 5) is 7.23. The van der Waals surface area contributed by atoms with Gasteiger partial charge in [0.15, 0.2) is 0 Å². The Morgan fingerprint density at radius 3 is 1.72 bits per heavy atom. The smallest absolute Gasteiger partial charge is 0.0666 e. The second kappa shape index (κ2) is 8.30. The molecule has 1 unspecified atom stereocenters. The van der Waals surface area contributed by atoms with E-state index >= 15 is 0 Å². The largest absolute Gasteiger partial charge is 0.304 e. The van der Waals surface area contributed by atoms with Crippen LogP contribution in [0.25, 0.3) is 0 Å². The third kappa shape index (κ3) is 4.65. The average molecular weight is 274 g/mol. The predicted octanol–water partition coefficient (Wildman–Crippen LogP) is 1.03. The van der Waals surface area contributed by atoms with Crippen LogP contribution in [0, 0.1) is 0 Å². The van der Waals surface area contributed by atoms with E-state index in [0.29, 0.717) is 6.04 Å². The highest BCUT2D eigenvalue weighted by atomic mass is 28.1. The fourth-order valence-corrected chi connectivity index (χ4v) is 3.59. The summed E-state index contributed by atoms with van der Waals surface area (Å²) in [6, 6.07) is 0.617. The first-order valence-electron chi connectivity index (χ1n) is 7.29. The maximum atomic E-state index is 2.42. The molecule has 0 N–H and O–H groups in total.